The minimum atomic E-state index is -1.95. The lowest BCUT2D eigenvalue weighted by atomic mass is 9.70. The number of esters is 2. The van der Waals surface area contributed by atoms with Gasteiger partial charge in [0.1, 0.15) is 29.5 Å². The Kier molecular flexibility index (Phi) is 11.8. The van der Waals surface area contributed by atoms with Crippen molar-refractivity contribution in [2.45, 2.75) is 122 Å². The fourth-order valence-electron chi connectivity index (χ4n) is 8.73. The van der Waals surface area contributed by atoms with Gasteiger partial charge in [-0.2, -0.15) is 0 Å². The van der Waals surface area contributed by atoms with Crippen molar-refractivity contribution < 1.29 is 48.1 Å². The summed E-state index contributed by atoms with van der Waals surface area (Å²) in [5, 5.41) is 23.9. The summed E-state index contributed by atoms with van der Waals surface area (Å²) < 4.78 is 31.9. The Morgan fingerprint density at radius 3 is 2.53 bits per heavy atom. The molecular formula is C43H53NO11. The average Bonchev–Trinajstić information content (AvgIpc) is 3.45. The number of aliphatic hydroxyl groups is 1. The molecule has 5 aliphatic rings. The Morgan fingerprint density at radius 1 is 1.11 bits per heavy atom. The number of benzene rings is 1. The van der Waals surface area contributed by atoms with Crippen LogP contribution in [0.1, 0.15) is 90.9 Å². The van der Waals surface area contributed by atoms with Gasteiger partial charge < -0.3 is 28.8 Å². The zero-order valence-electron chi connectivity index (χ0n) is 32.7. The number of fused-ring (bicyclic) bond motifs is 2. The summed E-state index contributed by atoms with van der Waals surface area (Å²) in [6.45, 7) is 13.8. The highest BCUT2D eigenvalue weighted by Crippen LogP contribution is 2.48. The van der Waals surface area contributed by atoms with E-state index >= 15 is 0 Å². The zero-order valence-corrected chi connectivity index (χ0v) is 32.7. The van der Waals surface area contributed by atoms with Gasteiger partial charge >= 0.3 is 11.9 Å². The van der Waals surface area contributed by atoms with Gasteiger partial charge in [-0.25, -0.2) is 4.79 Å². The highest BCUT2D eigenvalue weighted by atomic mass is 16.7. The molecule has 1 unspecified atom stereocenters. The third kappa shape index (κ3) is 8.47. The van der Waals surface area contributed by atoms with Crippen LogP contribution in [0.15, 0.2) is 83.0 Å². The average molecular weight is 760 g/mol. The molecule has 0 amide bonds. The topological polar surface area (TPSA) is 161 Å². The van der Waals surface area contributed by atoms with E-state index in [2.05, 4.69) is 39.8 Å². The number of nitro groups is 1. The number of hydrogen-bond acceptors (Lipinski definition) is 11. The van der Waals surface area contributed by atoms with Crippen LogP contribution in [0.3, 0.4) is 0 Å². The fraction of sp³-hybridized carbons (Fsp3) is 0.558. The van der Waals surface area contributed by atoms with Crippen LogP contribution in [-0.2, 0) is 33.3 Å². The first-order valence-corrected chi connectivity index (χ1v) is 19.3. The summed E-state index contributed by atoms with van der Waals surface area (Å²) in [5.74, 6) is -3.96. The molecule has 55 heavy (non-hydrogen) atoms. The first kappa shape index (κ1) is 40.4. The zero-order chi connectivity index (χ0) is 39.8. The molecular weight excluding hydrogens is 706 g/mol. The number of hydrogen-bond donors (Lipinski definition) is 1. The Labute approximate surface area is 322 Å². The smallest absolute Gasteiger partial charge is 0.338 e. The molecule has 6 rings (SSSR count). The Balaban J connectivity index is 1.35. The number of ether oxygens (including phenoxy) is 5. The molecule has 12 nitrogen and oxygen atoms in total. The second kappa shape index (κ2) is 16.1. The fourth-order valence-corrected chi connectivity index (χ4v) is 8.73. The quantitative estimate of drug-likeness (QED) is 0.142. The van der Waals surface area contributed by atoms with Crippen LogP contribution >= 0.6 is 0 Å². The molecule has 1 spiro atoms. The molecule has 0 radical (unpaired) electrons. The van der Waals surface area contributed by atoms with Gasteiger partial charge in [-0.3, -0.25) is 19.7 Å². The van der Waals surface area contributed by atoms with Crippen LogP contribution in [-0.4, -0.2) is 76.3 Å². The van der Waals surface area contributed by atoms with Crippen LogP contribution in [0, 0.1) is 33.8 Å². The molecule has 1 aliphatic carbocycles. The molecule has 10 atom stereocenters. The number of ketones is 1. The lowest BCUT2D eigenvalue weighted by Gasteiger charge is -2.49. The van der Waals surface area contributed by atoms with Gasteiger partial charge in [-0.1, -0.05) is 69.7 Å². The SMILES string of the molecule is CC1=C[C@H]2C(=O)O[C@H]3C[C@@H](C/C=C(\C)C[C@@H](C)/C=C/C=C4\CO[C@H]([C@@H]1OC(=O)c1ccc([N+](=O)[O-])cc1)[C@@]42O)OC1(CC(=O)[C@H](C)[C@@H](/C(C)=C/C(C)C)O1)C3. The first-order chi connectivity index (χ1) is 26.0. The number of non-ortho nitro benzene ring substituents is 1. The minimum absolute atomic E-state index is 0.0168. The van der Waals surface area contributed by atoms with Crippen LogP contribution in [0.2, 0.25) is 0 Å². The van der Waals surface area contributed by atoms with Gasteiger partial charge in [0.05, 0.1) is 35.7 Å². The van der Waals surface area contributed by atoms with E-state index in [1.165, 1.54) is 24.3 Å². The molecule has 3 fully saturated rings. The largest absolute Gasteiger partial charge is 0.462 e. The highest BCUT2D eigenvalue weighted by molar-refractivity contribution is 5.90. The van der Waals surface area contributed by atoms with E-state index in [-0.39, 0.29) is 54.2 Å². The summed E-state index contributed by atoms with van der Waals surface area (Å²) in [6.07, 6.45) is 9.39. The summed E-state index contributed by atoms with van der Waals surface area (Å²) in [6, 6.07) is 5.02. The second-order valence-electron chi connectivity index (χ2n) is 16.4. The maximum Gasteiger partial charge on any atom is 0.338 e. The van der Waals surface area contributed by atoms with E-state index in [0.717, 1.165) is 17.6 Å². The maximum absolute atomic E-state index is 14.5. The molecule has 1 N–H and O–H groups in total. The number of rotatable bonds is 5. The molecule has 1 aromatic rings. The molecule has 12 heteroatoms. The molecule has 0 saturated carbocycles. The van der Waals surface area contributed by atoms with Crippen molar-refractivity contribution in [1.82, 2.24) is 0 Å². The number of nitro benzene ring substituents is 1. The van der Waals surface area contributed by atoms with Gasteiger partial charge in [0.25, 0.3) is 5.69 Å². The van der Waals surface area contributed by atoms with Crippen LogP contribution in [0.4, 0.5) is 5.69 Å². The molecule has 296 valence electrons. The van der Waals surface area contributed by atoms with E-state index in [9.17, 15) is 29.6 Å². The van der Waals surface area contributed by atoms with Crippen molar-refractivity contribution >= 4 is 23.4 Å². The third-order valence-corrected chi connectivity index (χ3v) is 11.4. The van der Waals surface area contributed by atoms with Crippen molar-refractivity contribution in [3.05, 3.63) is 98.7 Å². The lowest BCUT2D eigenvalue weighted by Crippen LogP contribution is -2.59. The van der Waals surface area contributed by atoms with Gasteiger partial charge in [0.15, 0.2) is 11.9 Å². The molecule has 1 aromatic carbocycles. The highest BCUT2D eigenvalue weighted by Gasteiger charge is 2.61. The number of carbonyl (C=O) groups is 3. The van der Waals surface area contributed by atoms with Crippen molar-refractivity contribution in [3.8, 4) is 0 Å². The molecule has 0 aromatic heterocycles. The van der Waals surface area contributed by atoms with E-state index in [1.54, 1.807) is 19.1 Å². The van der Waals surface area contributed by atoms with E-state index in [4.69, 9.17) is 23.7 Å². The Bertz CT molecular complexity index is 1840. The molecule has 4 heterocycles. The van der Waals surface area contributed by atoms with Crippen LogP contribution in [0.5, 0.6) is 0 Å². The predicted molar refractivity (Wildman–Crippen MR) is 203 cm³/mol. The van der Waals surface area contributed by atoms with Gasteiger partial charge in [0, 0.05) is 30.9 Å². The van der Waals surface area contributed by atoms with Gasteiger partial charge in [0.2, 0.25) is 0 Å². The molecule has 4 aliphatic heterocycles. The standard InChI is InChI=1S/C43H53NO11/c1-24(2)17-27(5)37-29(7)36(45)22-42(55-37)21-34-20-33(54-42)16-11-26(4)18-25(3)9-8-10-31-23-51-39-38(28(6)19-35(41(47)52-34)43(31,39)48)53-40(46)30-12-14-32(15-13-30)44(49)50/h8-15,17,19,24-25,29,33-35,37-39,48H,16,18,20-23H2,1-7H3/b9-8+,26-11+,27-17+,31-10+/t25-,29-,33+,34-,35-,37+,38+,39+,42?,43+/m0/s1. The first-order valence-electron chi connectivity index (χ1n) is 19.3. The number of carbonyl (C=O) groups excluding carboxylic acids is 3. The monoisotopic (exact) mass is 759 g/mol. The van der Waals surface area contributed by atoms with Crippen LogP contribution < -0.4 is 0 Å². The molecule has 3 saturated heterocycles. The number of allylic oxidation sites excluding steroid dienone is 5. The minimum Gasteiger partial charge on any atom is -0.462 e. The Hall–Kier alpha value is -4.23. The van der Waals surface area contributed by atoms with E-state index in [1.807, 2.05) is 26.0 Å². The van der Waals surface area contributed by atoms with E-state index < -0.39 is 64.7 Å². The normalized spacial score (nSPS) is 38.2. The second-order valence-corrected chi connectivity index (χ2v) is 16.4. The van der Waals surface area contributed by atoms with E-state index in [0.29, 0.717) is 24.0 Å². The van der Waals surface area contributed by atoms with Crippen molar-refractivity contribution in [3.63, 3.8) is 0 Å². The van der Waals surface area contributed by atoms with Crippen molar-refractivity contribution in [1.29, 1.82) is 0 Å². The molecule has 2 bridgehead atoms. The van der Waals surface area contributed by atoms with Crippen molar-refractivity contribution in [2.24, 2.45) is 23.7 Å². The summed E-state index contributed by atoms with van der Waals surface area (Å²) >= 11 is 0. The number of Topliss-reactive ketones (excluding diaryl/α,β-unsaturated/α-hetero) is 1. The van der Waals surface area contributed by atoms with Gasteiger partial charge in [-0.15, -0.1) is 0 Å². The number of nitrogens with zero attached hydrogens (tertiary/aromatic N) is 1. The summed E-state index contributed by atoms with van der Waals surface area (Å²) in [7, 11) is 0. The van der Waals surface area contributed by atoms with Crippen molar-refractivity contribution in [2.75, 3.05) is 6.61 Å². The Morgan fingerprint density at radius 2 is 1.84 bits per heavy atom. The summed E-state index contributed by atoms with van der Waals surface area (Å²) in [4.78, 5) is 52.0. The van der Waals surface area contributed by atoms with Crippen LogP contribution in [0.25, 0.3) is 0 Å². The maximum atomic E-state index is 14.5. The third-order valence-electron chi connectivity index (χ3n) is 11.4. The lowest BCUT2D eigenvalue weighted by molar-refractivity contribution is -0.384. The predicted octanol–water partition coefficient (Wildman–Crippen LogP) is 7.07. The van der Waals surface area contributed by atoms with Gasteiger partial charge in [-0.05, 0) is 74.3 Å². The summed E-state index contributed by atoms with van der Waals surface area (Å²) in [5.41, 5.74) is 0.958.